The topological polar surface area (TPSA) is 83.5 Å². The average molecular weight is 338 g/mol. The standard InChI is InChI=1S/C17H20ClNO4/c1-9(2)15(20)12(16(21)10(3)4)8-19-13-7-5-6-11(14(13)18)17(22)23/h5-10,19H,1-4H3,(H,22,23). The van der Waals surface area contributed by atoms with Crippen LogP contribution in [0.3, 0.4) is 0 Å². The molecule has 1 rings (SSSR count). The zero-order chi connectivity index (χ0) is 17.7. The van der Waals surface area contributed by atoms with Crippen LogP contribution < -0.4 is 5.32 Å². The van der Waals surface area contributed by atoms with Gasteiger partial charge in [0.2, 0.25) is 0 Å². The number of halogens is 1. The Morgan fingerprint density at radius 1 is 1.09 bits per heavy atom. The smallest absolute Gasteiger partial charge is 0.337 e. The van der Waals surface area contributed by atoms with Crippen molar-refractivity contribution in [1.29, 1.82) is 0 Å². The molecule has 2 N–H and O–H groups in total. The second-order valence-corrected chi connectivity index (χ2v) is 6.09. The molecule has 6 heteroatoms. The minimum absolute atomic E-state index is 0.0181. The SMILES string of the molecule is CC(C)C(=O)C(=CNc1cccc(C(=O)O)c1Cl)C(=O)C(C)C. The third-order valence-electron chi connectivity index (χ3n) is 3.18. The Kier molecular flexibility index (Phi) is 6.51. The third-order valence-corrected chi connectivity index (χ3v) is 3.59. The molecule has 0 bridgehead atoms. The quantitative estimate of drug-likeness (QED) is 0.449. The molecule has 124 valence electrons. The zero-order valence-electron chi connectivity index (χ0n) is 13.5. The molecule has 0 aliphatic carbocycles. The van der Waals surface area contributed by atoms with Crippen molar-refractivity contribution < 1.29 is 19.5 Å². The van der Waals surface area contributed by atoms with Gasteiger partial charge in [0.1, 0.15) is 0 Å². The largest absolute Gasteiger partial charge is 0.478 e. The van der Waals surface area contributed by atoms with Crippen molar-refractivity contribution in [1.82, 2.24) is 0 Å². The fraction of sp³-hybridized carbons (Fsp3) is 0.353. The summed E-state index contributed by atoms with van der Waals surface area (Å²) in [6.07, 6.45) is 1.30. The van der Waals surface area contributed by atoms with Crippen LogP contribution in [0.2, 0.25) is 5.02 Å². The van der Waals surface area contributed by atoms with E-state index in [0.29, 0.717) is 5.69 Å². The molecule has 23 heavy (non-hydrogen) atoms. The van der Waals surface area contributed by atoms with E-state index < -0.39 is 5.97 Å². The first-order valence-electron chi connectivity index (χ1n) is 7.23. The Morgan fingerprint density at radius 2 is 1.61 bits per heavy atom. The maximum Gasteiger partial charge on any atom is 0.337 e. The van der Waals surface area contributed by atoms with Gasteiger partial charge >= 0.3 is 5.97 Å². The van der Waals surface area contributed by atoms with Crippen molar-refractivity contribution in [3.63, 3.8) is 0 Å². The van der Waals surface area contributed by atoms with Crippen LogP contribution in [0.4, 0.5) is 5.69 Å². The van der Waals surface area contributed by atoms with E-state index in [-0.39, 0.29) is 39.6 Å². The van der Waals surface area contributed by atoms with Crippen molar-refractivity contribution in [3.8, 4) is 0 Å². The van der Waals surface area contributed by atoms with Crippen molar-refractivity contribution >= 4 is 34.8 Å². The summed E-state index contributed by atoms with van der Waals surface area (Å²) in [5, 5.41) is 11.9. The number of ketones is 2. The van der Waals surface area contributed by atoms with Crippen molar-refractivity contribution in [3.05, 3.63) is 40.6 Å². The first-order valence-corrected chi connectivity index (χ1v) is 7.61. The highest BCUT2D eigenvalue weighted by Crippen LogP contribution is 2.26. The molecule has 0 saturated heterocycles. The van der Waals surface area contributed by atoms with Gasteiger partial charge in [-0.2, -0.15) is 0 Å². The highest BCUT2D eigenvalue weighted by Gasteiger charge is 2.23. The molecule has 0 aliphatic heterocycles. The van der Waals surface area contributed by atoms with Crippen molar-refractivity contribution in [2.75, 3.05) is 5.32 Å². The van der Waals surface area contributed by atoms with Crippen LogP contribution in [-0.2, 0) is 9.59 Å². The summed E-state index contributed by atoms with van der Waals surface area (Å²) in [6.45, 7) is 6.84. The number of Topliss-reactive ketones (excluding diaryl/α,β-unsaturated/α-hetero) is 2. The number of aromatic carboxylic acids is 1. The Bertz CT molecular complexity index is 641. The molecule has 0 fully saturated rings. The summed E-state index contributed by atoms with van der Waals surface area (Å²) >= 11 is 6.03. The lowest BCUT2D eigenvalue weighted by atomic mass is 9.93. The number of benzene rings is 1. The van der Waals surface area contributed by atoms with Gasteiger partial charge in [0.25, 0.3) is 0 Å². The van der Waals surface area contributed by atoms with E-state index in [1.54, 1.807) is 33.8 Å². The first kappa shape index (κ1) is 18.9. The van der Waals surface area contributed by atoms with Crippen LogP contribution in [0.5, 0.6) is 0 Å². The predicted molar refractivity (Wildman–Crippen MR) is 89.8 cm³/mol. The van der Waals surface area contributed by atoms with Gasteiger partial charge in [-0.1, -0.05) is 45.4 Å². The van der Waals surface area contributed by atoms with Gasteiger partial charge in [-0.25, -0.2) is 4.79 Å². The molecule has 0 saturated carbocycles. The highest BCUT2D eigenvalue weighted by molar-refractivity contribution is 6.36. The first-order chi connectivity index (χ1) is 10.7. The molecule has 1 aromatic rings. The zero-order valence-corrected chi connectivity index (χ0v) is 14.3. The molecule has 0 aromatic heterocycles. The summed E-state index contributed by atoms with van der Waals surface area (Å²) < 4.78 is 0. The molecule has 5 nitrogen and oxygen atoms in total. The van der Waals surface area contributed by atoms with Crippen LogP contribution in [0.1, 0.15) is 38.1 Å². The second-order valence-electron chi connectivity index (χ2n) is 5.71. The van der Waals surface area contributed by atoms with Crippen molar-refractivity contribution in [2.24, 2.45) is 11.8 Å². The molecule has 0 radical (unpaired) electrons. The number of hydrogen-bond donors (Lipinski definition) is 2. The molecule has 0 aliphatic rings. The van der Waals surface area contributed by atoms with Gasteiger partial charge in [0, 0.05) is 18.0 Å². The van der Waals surface area contributed by atoms with Crippen LogP contribution in [-0.4, -0.2) is 22.6 Å². The number of carboxylic acids is 1. The minimum atomic E-state index is -1.15. The molecule has 0 atom stereocenters. The van der Waals surface area contributed by atoms with Gasteiger partial charge in [-0.3, -0.25) is 9.59 Å². The molecule has 0 spiro atoms. The minimum Gasteiger partial charge on any atom is -0.478 e. The third kappa shape index (κ3) is 4.66. The van der Waals surface area contributed by atoms with E-state index in [4.69, 9.17) is 16.7 Å². The van der Waals surface area contributed by atoms with Gasteiger partial charge in [-0.05, 0) is 12.1 Å². The van der Waals surface area contributed by atoms with Crippen LogP contribution >= 0.6 is 11.6 Å². The van der Waals surface area contributed by atoms with Gasteiger partial charge in [0.15, 0.2) is 11.6 Å². The Morgan fingerprint density at radius 3 is 2.04 bits per heavy atom. The Balaban J connectivity index is 3.21. The number of nitrogens with one attached hydrogen (secondary N) is 1. The number of allylic oxidation sites excluding steroid dienone is 1. The van der Waals surface area contributed by atoms with E-state index in [1.807, 2.05) is 0 Å². The van der Waals surface area contributed by atoms with E-state index in [2.05, 4.69) is 5.32 Å². The van der Waals surface area contributed by atoms with Gasteiger partial charge in [0.05, 0.1) is 21.8 Å². The molecule has 1 aromatic carbocycles. The van der Waals surface area contributed by atoms with Crippen molar-refractivity contribution in [2.45, 2.75) is 27.7 Å². The van der Waals surface area contributed by atoms with E-state index >= 15 is 0 Å². The number of carbonyl (C=O) groups is 3. The number of hydrogen-bond acceptors (Lipinski definition) is 4. The summed E-state index contributed by atoms with van der Waals surface area (Å²) in [5.41, 5.74) is 0.306. The Labute approximate surface area is 140 Å². The lowest BCUT2D eigenvalue weighted by Gasteiger charge is -2.12. The summed E-state index contributed by atoms with van der Waals surface area (Å²) in [7, 11) is 0. The molecular formula is C17H20ClNO4. The van der Waals surface area contributed by atoms with E-state index in [9.17, 15) is 14.4 Å². The fourth-order valence-electron chi connectivity index (χ4n) is 1.84. The van der Waals surface area contributed by atoms with Crippen LogP contribution in [0, 0.1) is 11.8 Å². The molecule has 0 heterocycles. The highest BCUT2D eigenvalue weighted by atomic mass is 35.5. The van der Waals surface area contributed by atoms with Crippen LogP contribution in [0.15, 0.2) is 30.0 Å². The summed E-state index contributed by atoms with van der Waals surface area (Å²) in [4.78, 5) is 35.5. The average Bonchev–Trinajstić information content (AvgIpc) is 2.47. The maximum atomic E-state index is 12.2. The number of carboxylic acid groups (broad SMARTS) is 1. The Hall–Kier alpha value is -2.14. The van der Waals surface area contributed by atoms with E-state index in [0.717, 1.165) is 0 Å². The number of carbonyl (C=O) groups excluding carboxylic acids is 2. The molecular weight excluding hydrogens is 318 g/mol. The number of anilines is 1. The monoisotopic (exact) mass is 337 g/mol. The van der Waals surface area contributed by atoms with E-state index in [1.165, 1.54) is 18.3 Å². The predicted octanol–water partition coefficient (Wildman–Crippen LogP) is 3.78. The summed E-state index contributed by atoms with van der Waals surface area (Å²) in [6, 6.07) is 4.47. The number of rotatable bonds is 7. The normalized spacial score (nSPS) is 10.6. The van der Waals surface area contributed by atoms with Gasteiger partial charge in [-0.15, -0.1) is 0 Å². The fourth-order valence-corrected chi connectivity index (χ4v) is 2.11. The molecule has 0 amide bonds. The molecule has 0 unspecified atom stereocenters. The lowest BCUT2D eigenvalue weighted by molar-refractivity contribution is -0.124. The van der Waals surface area contributed by atoms with Crippen LogP contribution in [0.25, 0.3) is 0 Å². The maximum absolute atomic E-state index is 12.2. The second kappa shape index (κ2) is 7.92. The summed E-state index contributed by atoms with van der Waals surface area (Å²) in [5.74, 6) is -2.36. The lowest BCUT2D eigenvalue weighted by Crippen LogP contribution is -2.22. The van der Waals surface area contributed by atoms with Gasteiger partial charge < -0.3 is 10.4 Å².